The van der Waals surface area contributed by atoms with Crippen LogP contribution in [0.3, 0.4) is 0 Å². The topological polar surface area (TPSA) is 33.5 Å². The maximum atomic E-state index is 5.49. The predicted molar refractivity (Wildman–Crippen MR) is 80.6 cm³/mol. The summed E-state index contributed by atoms with van der Waals surface area (Å²) in [7, 11) is 1.98. The van der Waals surface area contributed by atoms with Crippen LogP contribution in [0.1, 0.15) is 25.8 Å². The van der Waals surface area contributed by atoms with E-state index < -0.39 is 0 Å². The van der Waals surface area contributed by atoms with Gasteiger partial charge < -0.3 is 4.74 Å². The molecule has 0 aliphatic carbocycles. The SMILES string of the molecule is CCOCCN1CCN(Cc2cnn(C)c2)C[C@@H]1CC. The van der Waals surface area contributed by atoms with Crippen LogP contribution in [0.4, 0.5) is 0 Å². The van der Waals surface area contributed by atoms with E-state index in [1.807, 2.05) is 17.9 Å². The van der Waals surface area contributed by atoms with Crippen LogP contribution in [-0.4, -0.2) is 65.0 Å². The summed E-state index contributed by atoms with van der Waals surface area (Å²) in [5, 5.41) is 4.25. The number of aromatic nitrogens is 2. The van der Waals surface area contributed by atoms with E-state index in [4.69, 9.17) is 4.74 Å². The summed E-state index contributed by atoms with van der Waals surface area (Å²) in [5.41, 5.74) is 1.31. The minimum absolute atomic E-state index is 0.654. The first-order chi connectivity index (χ1) is 9.72. The fourth-order valence-electron chi connectivity index (χ4n) is 2.92. The molecular weight excluding hydrogens is 252 g/mol. The Morgan fingerprint density at radius 2 is 2.20 bits per heavy atom. The molecule has 0 unspecified atom stereocenters. The molecule has 1 aliphatic heterocycles. The average Bonchev–Trinajstić information content (AvgIpc) is 2.85. The van der Waals surface area contributed by atoms with E-state index in [-0.39, 0.29) is 0 Å². The summed E-state index contributed by atoms with van der Waals surface area (Å²) in [4.78, 5) is 5.12. The average molecular weight is 280 g/mol. The Morgan fingerprint density at radius 1 is 1.35 bits per heavy atom. The van der Waals surface area contributed by atoms with Crippen LogP contribution in [0.2, 0.25) is 0 Å². The summed E-state index contributed by atoms with van der Waals surface area (Å²) in [5.74, 6) is 0. The highest BCUT2D eigenvalue weighted by atomic mass is 16.5. The third-order valence-electron chi connectivity index (χ3n) is 4.05. The van der Waals surface area contributed by atoms with Gasteiger partial charge in [0.15, 0.2) is 0 Å². The van der Waals surface area contributed by atoms with Crippen LogP contribution in [0.15, 0.2) is 12.4 Å². The second kappa shape index (κ2) is 7.76. The van der Waals surface area contributed by atoms with Crippen LogP contribution in [-0.2, 0) is 18.3 Å². The van der Waals surface area contributed by atoms with E-state index in [0.29, 0.717) is 6.04 Å². The molecule has 2 heterocycles. The van der Waals surface area contributed by atoms with Crippen molar-refractivity contribution in [3.8, 4) is 0 Å². The van der Waals surface area contributed by atoms with E-state index >= 15 is 0 Å². The van der Waals surface area contributed by atoms with E-state index in [0.717, 1.165) is 45.9 Å². The maximum absolute atomic E-state index is 5.49. The second-order valence-corrected chi connectivity index (χ2v) is 5.55. The molecule has 0 radical (unpaired) electrons. The van der Waals surface area contributed by atoms with Crippen molar-refractivity contribution in [1.82, 2.24) is 19.6 Å². The molecule has 1 aromatic rings. The summed E-state index contributed by atoms with van der Waals surface area (Å²) in [6, 6.07) is 0.654. The van der Waals surface area contributed by atoms with Gasteiger partial charge in [0.05, 0.1) is 12.8 Å². The third kappa shape index (κ3) is 4.30. The molecule has 0 spiro atoms. The van der Waals surface area contributed by atoms with Gasteiger partial charge in [0, 0.05) is 64.2 Å². The first kappa shape index (κ1) is 15.5. The summed E-state index contributed by atoms with van der Waals surface area (Å²) in [6.45, 7) is 11.5. The van der Waals surface area contributed by atoms with Crippen molar-refractivity contribution in [2.24, 2.45) is 7.05 Å². The number of hydrogen-bond acceptors (Lipinski definition) is 4. The van der Waals surface area contributed by atoms with Gasteiger partial charge in [-0.2, -0.15) is 5.10 Å². The zero-order valence-corrected chi connectivity index (χ0v) is 13.1. The smallest absolute Gasteiger partial charge is 0.0593 e. The second-order valence-electron chi connectivity index (χ2n) is 5.55. The van der Waals surface area contributed by atoms with Gasteiger partial charge in [-0.3, -0.25) is 14.5 Å². The van der Waals surface area contributed by atoms with Gasteiger partial charge in [-0.25, -0.2) is 0 Å². The number of ether oxygens (including phenoxy) is 1. The first-order valence-electron chi connectivity index (χ1n) is 7.74. The number of nitrogens with zero attached hydrogens (tertiary/aromatic N) is 4. The van der Waals surface area contributed by atoms with Gasteiger partial charge in [-0.15, -0.1) is 0 Å². The fourth-order valence-corrected chi connectivity index (χ4v) is 2.92. The molecule has 0 N–H and O–H groups in total. The highest BCUT2D eigenvalue weighted by molar-refractivity contribution is 5.03. The molecule has 20 heavy (non-hydrogen) atoms. The summed E-state index contributed by atoms with van der Waals surface area (Å²) < 4.78 is 7.37. The van der Waals surface area contributed by atoms with Gasteiger partial charge in [0.25, 0.3) is 0 Å². The van der Waals surface area contributed by atoms with Crippen LogP contribution >= 0.6 is 0 Å². The first-order valence-corrected chi connectivity index (χ1v) is 7.74. The van der Waals surface area contributed by atoms with E-state index in [9.17, 15) is 0 Å². The Bertz CT molecular complexity index is 393. The van der Waals surface area contributed by atoms with Crippen molar-refractivity contribution < 1.29 is 4.74 Å². The van der Waals surface area contributed by atoms with Gasteiger partial charge >= 0.3 is 0 Å². The molecule has 1 atom stereocenters. The van der Waals surface area contributed by atoms with Crippen LogP contribution < -0.4 is 0 Å². The monoisotopic (exact) mass is 280 g/mol. The lowest BCUT2D eigenvalue weighted by molar-refractivity contribution is 0.0385. The highest BCUT2D eigenvalue weighted by Crippen LogP contribution is 2.15. The normalized spacial score (nSPS) is 21.4. The Labute approximate surface area is 122 Å². The lowest BCUT2D eigenvalue weighted by Gasteiger charge is -2.41. The molecular formula is C15H28N4O. The molecule has 5 nitrogen and oxygen atoms in total. The molecule has 114 valence electrons. The molecule has 5 heteroatoms. The lowest BCUT2D eigenvalue weighted by Crippen LogP contribution is -2.53. The van der Waals surface area contributed by atoms with Crippen molar-refractivity contribution in [2.75, 3.05) is 39.4 Å². The highest BCUT2D eigenvalue weighted by Gasteiger charge is 2.25. The van der Waals surface area contributed by atoms with Gasteiger partial charge in [0.2, 0.25) is 0 Å². The molecule has 1 fully saturated rings. The minimum Gasteiger partial charge on any atom is -0.380 e. The predicted octanol–water partition coefficient (Wildman–Crippen LogP) is 1.35. The summed E-state index contributed by atoms with van der Waals surface area (Å²) >= 11 is 0. The van der Waals surface area contributed by atoms with Gasteiger partial charge in [0.1, 0.15) is 0 Å². The van der Waals surface area contributed by atoms with Crippen LogP contribution in [0.5, 0.6) is 0 Å². The quantitative estimate of drug-likeness (QED) is 0.706. The lowest BCUT2D eigenvalue weighted by atomic mass is 10.1. The molecule has 1 saturated heterocycles. The molecule has 0 saturated carbocycles. The van der Waals surface area contributed by atoms with Gasteiger partial charge in [-0.05, 0) is 13.3 Å². The maximum Gasteiger partial charge on any atom is 0.0593 e. The largest absolute Gasteiger partial charge is 0.380 e. The number of aryl methyl sites for hydroxylation is 1. The van der Waals surface area contributed by atoms with Gasteiger partial charge in [-0.1, -0.05) is 6.92 Å². The molecule has 1 aliphatic rings. The minimum atomic E-state index is 0.654. The Kier molecular flexibility index (Phi) is 6.01. The molecule has 1 aromatic heterocycles. The van der Waals surface area contributed by atoms with Crippen LogP contribution in [0.25, 0.3) is 0 Å². The van der Waals surface area contributed by atoms with Crippen molar-refractivity contribution in [3.05, 3.63) is 18.0 Å². The summed E-state index contributed by atoms with van der Waals surface area (Å²) in [6.07, 6.45) is 5.29. The Balaban J connectivity index is 1.81. The Morgan fingerprint density at radius 3 is 2.85 bits per heavy atom. The van der Waals surface area contributed by atoms with Crippen molar-refractivity contribution in [3.63, 3.8) is 0 Å². The molecule has 0 amide bonds. The zero-order valence-electron chi connectivity index (χ0n) is 13.1. The van der Waals surface area contributed by atoms with E-state index in [2.05, 4.69) is 34.9 Å². The molecule has 2 rings (SSSR count). The molecule has 0 bridgehead atoms. The number of hydrogen-bond donors (Lipinski definition) is 0. The number of rotatable bonds is 7. The third-order valence-corrected chi connectivity index (χ3v) is 4.05. The number of piperazine rings is 1. The molecule has 0 aromatic carbocycles. The van der Waals surface area contributed by atoms with Crippen molar-refractivity contribution >= 4 is 0 Å². The van der Waals surface area contributed by atoms with E-state index in [1.165, 1.54) is 12.0 Å². The van der Waals surface area contributed by atoms with E-state index in [1.54, 1.807) is 0 Å². The van der Waals surface area contributed by atoms with Crippen LogP contribution in [0, 0.1) is 0 Å². The van der Waals surface area contributed by atoms with Crippen molar-refractivity contribution in [1.29, 1.82) is 0 Å². The van der Waals surface area contributed by atoms with Crippen molar-refractivity contribution in [2.45, 2.75) is 32.9 Å². The zero-order chi connectivity index (χ0) is 14.4. The fraction of sp³-hybridized carbons (Fsp3) is 0.800. The standard InChI is InChI=1S/C15H28N4O/c1-4-15-13-18(12-14-10-16-17(3)11-14)6-7-19(15)8-9-20-5-2/h10-11,15H,4-9,12-13H2,1-3H3/t15-/m0/s1. The Hall–Kier alpha value is -0.910.